The SMILES string of the molecule is CCCC(CBr)COc1ccc(C=O)cc1Cl. The van der Waals surface area contributed by atoms with E-state index in [2.05, 4.69) is 22.9 Å². The minimum Gasteiger partial charge on any atom is -0.492 e. The number of aldehydes is 1. The Morgan fingerprint density at radius 3 is 2.82 bits per heavy atom. The molecule has 0 amide bonds. The number of carbonyl (C=O) groups excluding carboxylic acids is 1. The van der Waals surface area contributed by atoms with E-state index in [1.54, 1.807) is 18.2 Å². The first kappa shape index (κ1) is 14.5. The standard InChI is InChI=1S/C13H16BrClO2/c1-2-3-11(7-14)9-17-13-5-4-10(8-16)6-12(13)15/h4-6,8,11H,2-3,7,9H2,1H3. The van der Waals surface area contributed by atoms with Crippen LogP contribution in [0.1, 0.15) is 30.1 Å². The molecule has 0 bridgehead atoms. The van der Waals surface area contributed by atoms with Gasteiger partial charge in [-0.1, -0.05) is 40.9 Å². The summed E-state index contributed by atoms with van der Waals surface area (Å²) in [5, 5.41) is 1.41. The van der Waals surface area contributed by atoms with E-state index in [-0.39, 0.29) is 0 Å². The van der Waals surface area contributed by atoms with Gasteiger partial charge in [-0.25, -0.2) is 0 Å². The number of halogens is 2. The average Bonchev–Trinajstić information content (AvgIpc) is 2.35. The Bertz CT molecular complexity index is 368. The van der Waals surface area contributed by atoms with Crippen molar-refractivity contribution >= 4 is 33.8 Å². The summed E-state index contributed by atoms with van der Waals surface area (Å²) < 4.78 is 5.66. The summed E-state index contributed by atoms with van der Waals surface area (Å²) in [6.45, 7) is 2.79. The molecule has 1 aromatic rings. The van der Waals surface area contributed by atoms with E-state index in [4.69, 9.17) is 16.3 Å². The molecule has 0 spiro atoms. The molecule has 0 aliphatic rings. The lowest BCUT2D eigenvalue weighted by atomic mass is 10.1. The molecule has 1 atom stereocenters. The molecule has 0 fully saturated rings. The van der Waals surface area contributed by atoms with E-state index in [0.29, 0.717) is 28.9 Å². The van der Waals surface area contributed by atoms with Crippen LogP contribution in [-0.2, 0) is 0 Å². The second-order valence-corrected chi connectivity index (χ2v) is 4.98. The van der Waals surface area contributed by atoms with E-state index in [0.717, 1.165) is 24.5 Å². The van der Waals surface area contributed by atoms with Crippen molar-refractivity contribution in [2.45, 2.75) is 19.8 Å². The van der Waals surface area contributed by atoms with Crippen molar-refractivity contribution in [1.82, 2.24) is 0 Å². The van der Waals surface area contributed by atoms with Crippen molar-refractivity contribution in [3.05, 3.63) is 28.8 Å². The van der Waals surface area contributed by atoms with Crippen LogP contribution in [0.15, 0.2) is 18.2 Å². The number of alkyl halides is 1. The number of ether oxygens (including phenoxy) is 1. The lowest BCUT2D eigenvalue weighted by Crippen LogP contribution is -2.13. The van der Waals surface area contributed by atoms with E-state index in [1.807, 2.05) is 0 Å². The quantitative estimate of drug-likeness (QED) is 0.552. The highest BCUT2D eigenvalue weighted by atomic mass is 79.9. The molecule has 0 aliphatic heterocycles. The van der Waals surface area contributed by atoms with Gasteiger partial charge in [0.1, 0.15) is 12.0 Å². The van der Waals surface area contributed by atoms with Gasteiger partial charge in [-0.05, 0) is 24.6 Å². The zero-order valence-corrected chi connectivity index (χ0v) is 12.1. The molecule has 0 saturated heterocycles. The third-order valence-electron chi connectivity index (χ3n) is 2.48. The predicted molar refractivity (Wildman–Crippen MR) is 74.5 cm³/mol. The Morgan fingerprint density at radius 1 is 1.53 bits per heavy atom. The molecular formula is C13H16BrClO2. The highest BCUT2D eigenvalue weighted by Gasteiger charge is 2.09. The van der Waals surface area contributed by atoms with Crippen LogP contribution in [0.2, 0.25) is 5.02 Å². The second kappa shape index (κ2) is 7.72. The second-order valence-electron chi connectivity index (χ2n) is 3.93. The molecule has 94 valence electrons. The summed E-state index contributed by atoms with van der Waals surface area (Å²) in [7, 11) is 0. The van der Waals surface area contributed by atoms with Gasteiger partial charge in [-0.2, -0.15) is 0 Å². The van der Waals surface area contributed by atoms with Gasteiger partial charge in [0.25, 0.3) is 0 Å². The molecule has 0 heterocycles. The summed E-state index contributed by atoms with van der Waals surface area (Å²) in [4.78, 5) is 10.6. The van der Waals surface area contributed by atoms with Crippen molar-refractivity contribution in [2.24, 2.45) is 5.92 Å². The van der Waals surface area contributed by atoms with Crippen LogP contribution in [0, 0.1) is 5.92 Å². The van der Waals surface area contributed by atoms with Crippen LogP contribution in [0.25, 0.3) is 0 Å². The highest BCUT2D eigenvalue weighted by Crippen LogP contribution is 2.26. The number of benzene rings is 1. The van der Waals surface area contributed by atoms with Gasteiger partial charge in [0.05, 0.1) is 11.6 Å². The van der Waals surface area contributed by atoms with Crippen LogP contribution in [0.3, 0.4) is 0 Å². The van der Waals surface area contributed by atoms with Crippen molar-refractivity contribution in [2.75, 3.05) is 11.9 Å². The van der Waals surface area contributed by atoms with Gasteiger partial charge in [-0.3, -0.25) is 4.79 Å². The largest absolute Gasteiger partial charge is 0.492 e. The Hall–Kier alpha value is -0.540. The monoisotopic (exact) mass is 318 g/mol. The number of hydrogen-bond donors (Lipinski definition) is 0. The lowest BCUT2D eigenvalue weighted by molar-refractivity contribution is 0.112. The number of rotatable bonds is 7. The third-order valence-corrected chi connectivity index (χ3v) is 3.69. The lowest BCUT2D eigenvalue weighted by Gasteiger charge is -2.15. The van der Waals surface area contributed by atoms with Crippen molar-refractivity contribution in [3.63, 3.8) is 0 Å². The summed E-state index contributed by atoms with van der Waals surface area (Å²) in [6, 6.07) is 5.06. The number of carbonyl (C=O) groups is 1. The molecule has 0 saturated carbocycles. The van der Waals surface area contributed by atoms with Gasteiger partial charge in [0.2, 0.25) is 0 Å². The average molecular weight is 320 g/mol. The van der Waals surface area contributed by atoms with Gasteiger partial charge in [0, 0.05) is 16.8 Å². The van der Waals surface area contributed by atoms with Gasteiger partial charge < -0.3 is 4.74 Å². The molecule has 1 unspecified atom stereocenters. The summed E-state index contributed by atoms with van der Waals surface area (Å²) in [6.07, 6.45) is 3.03. The fourth-order valence-corrected chi connectivity index (χ4v) is 2.28. The number of hydrogen-bond acceptors (Lipinski definition) is 2. The molecule has 0 N–H and O–H groups in total. The molecule has 0 aromatic heterocycles. The van der Waals surface area contributed by atoms with Gasteiger partial charge in [-0.15, -0.1) is 0 Å². The van der Waals surface area contributed by atoms with Crippen LogP contribution >= 0.6 is 27.5 Å². The Morgan fingerprint density at radius 2 is 2.29 bits per heavy atom. The maximum absolute atomic E-state index is 10.6. The van der Waals surface area contributed by atoms with E-state index >= 15 is 0 Å². The first-order chi connectivity index (χ1) is 8.21. The molecule has 1 rings (SSSR count). The zero-order valence-electron chi connectivity index (χ0n) is 9.79. The predicted octanol–water partition coefficient (Wildman–Crippen LogP) is 4.34. The fraction of sp³-hybridized carbons (Fsp3) is 0.462. The highest BCUT2D eigenvalue weighted by molar-refractivity contribution is 9.09. The molecule has 1 aromatic carbocycles. The van der Waals surface area contributed by atoms with Crippen molar-refractivity contribution in [3.8, 4) is 5.75 Å². The molecular weight excluding hydrogens is 303 g/mol. The Balaban J connectivity index is 2.59. The maximum atomic E-state index is 10.6. The minimum absolute atomic E-state index is 0.486. The maximum Gasteiger partial charge on any atom is 0.150 e. The Kier molecular flexibility index (Phi) is 6.60. The molecule has 0 radical (unpaired) electrons. The third kappa shape index (κ3) is 4.68. The fourth-order valence-electron chi connectivity index (χ4n) is 1.53. The molecule has 4 heteroatoms. The normalized spacial score (nSPS) is 12.2. The first-order valence-electron chi connectivity index (χ1n) is 5.64. The Labute approximate surface area is 115 Å². The topological polar surface area (TPSA) is 26.3 Å². The first-order valence-corrected chi connectivity index (χ1v) is 7.14. The van der Waals surface area contributed by atoms with E-state index in [9.17, 15) is 4.79 Å². The minimum atomic E-state index is 0.486. The van der Waals surface area contributed by atoms with E-state index in [1.165, 1.54) is 0 Å². The van der Waals surface area contributed by atoms with Crippen LogP contribution in [-0.4, -0.2) is 18.2 Å². The van der Waals surface area contributed by atoms with Crippen LogP contribution in [0.4, 0.5) is 0 Å². The summed E-state index contributed by atoms with van der Waals surface area (Å²) in [5.74, 6) is 1.13. The summed E-state index contributed by atoms with van der Waals surface area (Å²) in [5.41, 5.74) is 0.563. The van der Waals surface area contributed by atoms with E-state index < -0.39 is 0 Å². The van der Waals surface area contributed by atoms with Crippen molar-refractivity contribution < 1.29 is 9.53 Å². The molecule has 17 heavy (non-hydrogen) atoms. The van der Waals surface area contributed by atoms with Crippen LogP contribution in [0.5, 0.6) is 5.75 Å². The summed E-state index contributed by atoms with van der Waals surface area (Å²) >= 11 is 9.49. The molecule has 0 aliphatic carbocycles. The zero-order chi connectivity index (χ0) is 12.7. The smallest absolute Gasteiger partial charge is 0.150 e. The van der Waals surface area contributed by atoms with Crippen molar-refractivity contribution in [1.29, 1.82) is 0 Å². The van der Waals surface area contributed by atoms with Gasteiger partial charge in [0.15, 0.2) is 0 Å². The molecule has 2 nitrogen and oxygen atoms in total. The van der Waals surface area contributed by atoms with Gasteiger partial charge >= 0.3 is 0 Å². The van der Waals surface area contributed by atoms with Crippen LogP contribution < -0.4 is 4.74 Å².